The molecule has 0 aromatic rings. The zero-order valence-corrected chi connectivity index (χ0v) is 11.1. The lowest BCUT2D eigenvalue weighted by Crippen LogP contribution is -2.40. The van der Waals surface area contributed by atoms with Crippen LogP contribution in [0.2, 0.25) is 0 Å². The lowest BCUT2D eigenvalue weighted by Gasteiger charge is -2.39. The average Bonchev–Trinajstić information content (AvgIpc) is 2.25. The fourth-order valence-corrected chi connectivity index (χ4v) is 2.94. The van der Waals surface area contributed by atoms with Gasteiger partial charge in [0.05, 0.1) is 11.1 Å². The van der Waals surface area contributed by atoms with Gasteiger partial charge in [0.25, 0.3) is 0 Å². The van der Waals surface area contributed by atoms with Crippen molar-refractivity contribution in [2.75, 3.05) is 0 Å². The summed E-state index contributed by atoms with van der Waals surface area (Å²) in [6.45, 7) is 6.99. The Labute approximate surface area is 106 Å². The molecule has 5 nitrogen and oxygen atoms in total. The zero-order chi connectivity index (χ0) is 14.1. The monoisotopic (exact) mass is 253 g/mol. The second-order valence-corrected chi connectivity index (χ2v) is 4.52. The van der Waals surface area contributed by atoms with Crippen molar-refractivity contribution in [2.24, 2.45) is 5.41 Å². The molecule has 100 valence electrons. The summed E-state index contributed by atoms with van der Waals surface area (Å²) in [7, 11) is 0. The van der Waals surface area contributed by atoms with Crippen LogP contribution < -0.4 is 5.32 Å². The minimum Gasteiger partial charge on any atom is -0.478 e. The van der Waals surface area contributed by atoms with E-state index in [0.29, 0.717) is 24.2 Å². The average molecular weight is 253 g/mol. The molecule has 3 N–H and O–H groups in total. The Kier molecular flexibility index (Phi) is 3.84. The first kappa shape index (κ1) is 14.3. The Balaban J connectivity index is 3.60. The second-order valence-electron chi connectivity index (χ2n) is 4.52. The number of carboxylic acid groups (broad SMARTS) is 2. The van der Waals surface area contributed by atoms with Gasteiger partial charge >= 0.3 is 11.9 Å². The lowest BCUT2D eigenvalue weighted by atomic mass is 9.67. The molecule has 0 aromatic heterocycles. The van der Waals surface area contributed by atoms with Gasteiger partial charge in [-0.2, -0.15) is 0 Å². The predicted octanol–water partition coefficient (Wildman–Crippen LogP) is 2.11. The predicted molar refractivity (Wildman–Crippen MR) is 66.8 cm³/mol. The molecule has 5 heteroatoms. The molecule has 1 heterocycles. The van der Waals surface area contributed by atoms with Crippen LogP contribution in [0.3, 0.4) is 0 Å². The standard InChI is InChI=1S/C13H19NO4/c1-5-13(6-2)9(11(15)16)7(3)14-8(4)10(13)12(17)18/h14H,5-6H2,1-4H3,(H,15,16)(H,17,18). The molecular weight excluding hydrogens is 234 g/mol. The minimum absolute atomic E-state index is 0.163. The topological polar surface area (TPSA) is 86.6 Å². The van der Waals surface area contributed by atoms with E-state index in [0.717, 1.165) is 0 Å². The molecule has 0 bridgehead atoms. The molecule has 18 heavy (non-hydrogen) atoms. The van der Waals surface area contributed by atoms with Gasteiger partial charge in [-0.1, -0.05) is 13.8 Å². The van der Waals surface area contributed by atoms with Crippen LogP contribution in [-0.4, -0.2) is 22.2 Å². The summed E-state index contributed by atoms with van der Waals surface area (Å²) in [6.07, 6.45) is 0.895. The van der Waals surface area contributed by atoms with E-state index in [1.807, 2.05) is 13.8 Å². The van der Waals surface area contributed by atoms with E-state index in [9.17, 15) is 19.8 Å². The van der Waals surface area contributed by atoms with E-state index in [1.54, 1.807) is 13.8 Å². The summed E-state index contributed by atoms with van der Waals surface area (Å²) in [5.74, 6) is -2.12. The molecule has 1 aliphatic heterocycles. The minimum atomic E-state index is -1.06. The first-order valence-electron chi connectivity index (χ1n) is 5.98. The molecule has 1 rings (SSSR count). The molecule has 0 aliphatic carbocycles. The van der Waals surface area contributed by atoms with E-state index >= 15 is 0 Å². The number of carbonyl (C=O) groups is 2. The molecule has 0 unspecified atom stereocenters. The molecule has 0 radical (unpaired) electrons. The first-order valence-corrected chi connectivity index (χ1v) is 5.98. The first-order chi connectivity index (χ1) is 8.31. The molecular formula is C13H19NO4. The third-order valence-electron chi connectivity index (χ3n) is 3.72. The maximum absolute atomic E-state index is 11.5. The SMILES string of the molecule is CCC1(CC)C(C(=O)O)=C(C)NC(C)=C1C(=O)O. The van der Waals surface area contributed by atoms with Crippen molar-refractivity contribution >= 4 is 11.9 Å². The van der Waals surface area contributed by atoms with Crippen LogP contribution in [0.25, 0.3) is 0 Å². The second kappa shape index (κ2) is 4.84. The van der Waals surface area contributed by atoms with Gasteiger partial charge < -0.3 is 15.5 Å². The van der Waals surface area contributed by atoms with Crippen molar-refractivity contribution in [3.8, 4) is 0 Å². The highest BCUT2D eigenvalue weighted by Crippen LogP contribution is 2.46. The van der Waals surface area contributed by atoms with Gasteiger partial charge in [0.1, 0.15) is 0 Å². The third-order valence-corrected chi connectivity index (χ3v) is 3.72. The molecule has 0 saturated heterocycles. The maximum Gasteiger partial charge on any atom is 0.334 e. The Morgan fingerprint density at radius 2 is 1.33 bits per heavy atom. The van der Waals surface area contributed by atoms with Gasteiger partial charge in [-0.25, -0.2) is 9.59 Å². The van der Waals surface area contributed by atoms with Crippen LogP contribution in [0.4, 0.5) is 0 Å². The Morgan fingerprint density at radius 3 is 1.56 bits per heavy atom. The Bertz CT molecular complexity index is 418. The molecule has 1 aliphatic rings. The molecule has 0 fully saturated rings. The highest BCUT2D eigenvalue weighted by atomic mass is 16.4. The summed E-state index contributed by atoms with van der Waals surface area (Å²) < 4.78 is 0. The van der Waals surface area contributed by atoms with Crippen LogP contribution in [0.5, 0.6) is 0 Å². The van der Waals surface area contributed by atoms with Crippen molar-refractivity contribution in [1.29, 1.82) is 0 Å². The van der Waals surface area contributed by atoms with Crippen LogP contribution in [0.15, 0.2) is 22.5 Å². The maximum atomic E-state index is 11.5. The van der Waals surface area contributed by atoms with E-state index in [-0.39, 0.29) is 11.1 Å². The van der Waals surface area contributed by atoms with Crippen molar-refractivity contribution < 1.29 is 19.8 Å². The summed E-state index contributed by atoms with van der Waals surface area (Å²) >= 11 is 0. The van der Waals surface area contributed by atoms with Gasteiger partial charge in [0.2, 0.25) is 0 Å². The Hall–Kier alpha value is -1.78. The summed E-state index contributed by atoms with van der Waals surface area (Å²) in [5, 5.41) is 21.6. The number of allylic oxidation sites excluding steroid dienone is 2. The van der Waals surface area contributed by atoms with Crippen LogP contribution >= 0.6 is 0 Å². The molecule has 0 amide bonds. The highest BCUT2D eigenvalue weighted by Gasteiger charge is 2.46. The molecule has 0 spiro atoms. The summed E-state index contributed by atoms with van der Waals surface area (Å²) in [6, 6.07) is 0. The normalized spacial score (nSPS) is 18.7. The van der Waals surface area contributed by atoms with Crippen molar-refractivity contribution in [3.05, 3.63) is 22.5 Å². The van der Waals surface area contributed by atoms with Gasteiger partial charge in [-0.15, -0.1) is 0 Å². The van der Waals surface area contributed by atoms with Crippen molar-refractivity contribution in [3.63, 3.8) is 0 Å². The van der Waals surface area contributed by atoms with Crippen LogP contribution in [-0.2, 0) is 9.59 Å². The van der Waals surface area contributed by atoms with Crippen molar-refractivity contribution in [2.45, 2.75) is 40.5 Å². The number of nitrogens with one attached hydrogen (secondary N) is 1. The number of hydrogen-bond donors (Lipinski definition) is 3. The fraction of sp³-hybridized carbons (Fsp3) is 0.538. The van der Waals surface area contributed by atoms with Crippen molar-refractivity contribution in [1.82, 2.24) is 5.32 Å². The largest absolute Gasteiger partial charge is 0.478 e. The highest BCUT2D eigenvalue weighted by molar-refractivity contribution is 5.98. The molecule has 0 atom stereocenters. The van der Waals surface area contributed by atoms with E-state index < -0.39 is 17.4 Å². The molecule has 0 aromatic carbocycles. The number of dihydropyridines is 1. The summed E-state index contributed by atoms with van der Waals surface area (Å²) in [4.78, 5) is 22.9. The smallest absolute Gasteiger partial charge is 0.334 e. The van der Waals surface area contributed by atoms with E-state index in [4.69, 9.17) is 0 Å². The van der Waals surface area contributed by atoms with Gasteiger partial charge in [-0.3, -0.25) is 0 Å². The van der Waals surface area contributed by atoms with Gasteiger partial charge in [0.15, 0.2) is 0 Å². The Morgan fingerprint density at radius 1 is 1.00 bits per heavy atom. The summed E-state index contributed by atoms with van der Waals surface area (Å²) in [5.41, 5.74) is 0.449. The van der Waals surface area contributed by atoms with Crippen LogP contribution in [0.1, 0.15) is 40.5 Å². The van der Waals surface area contributed by atoms with Gasteiger partial charge in [0, 0.05) is 16.8 Å². The zero-order valence-electron chi connectivity index (χ0n) is 11.1. The number of aliphatic carboxylic acids is 2. The quantitative estimate of drug-likeness (QED) is 0.714. The number of hydrogen-bond acceptors (Lipinski definition) is 3. The van der Waals surface area contributed by atoms with E-state index in [1.165, 1.54) is 0 Å². The lowest BCUT2D eigenvalue weighted by molar-refractivity contribution is -0.135. The molecule has 0 saturated carbocycles. The van der Waals surface area contributed by atoms with Crippen LogP contribution in [0, 0.1) is 5.41 Å². The van der Waals surface area contributed by atoms with Gasteiger partial charge in [-0.05, 0) is 26.7 Å². The van der Waals surface area contributed by atoms with E-state index in [2.05, 4.69) is 5.32 Å². The fourth-order valence-electron chi connectivity index (χ4n) is 2.94. The third kappa shape index (κ3) is 1.89. The number of rotatable bonds is 4. The number of carboxylic acids is 2.